The zero-order valence-corrected chi connectivity index (χ0v) is 13.8. The second-order valence-corrected chi connectivity index (χ2v) is 5.79. The molecule has 0 fully saturated rings. The van der Waals surface area contributed by atoms with Crippen LogP contribution in [0.15, 0.2) is 65.2 Å². The molecule has 128 valence electrons. The molecule has 1 heterocycles. The molecule has 7 nitrogen and oxygen atoms in total. The van der Waals surface area contributed by atoms with E-state index in [0.29, 0.717) is 28.5 Å². The number of anilines is 2. The first-order chi connectivity index (χ1) is 12.6. The van der Waals surface area contributed by atoms with Gasteiger partial charge in [0.2, 0.25) is 0 Å². The molecule has 0 atom stereocenters. The average molecular weight is 346 g/mol. The van der Waals surface area contributed by atoms with Crippen LogP contribution in [-0.2, 0) is 0 Å². The molecule has 4 rings (SSSR count). The number of aryl methyl sites for hydroxylation is 1. The Morgan fingerprint density at radius 1 is 1.08 bits per heavy atom. The van der Waals surface area contributed by atoms with Crippen LogP contribution in [0.5, 0.6) is 0 Å². The van der Waals surface area contributed by atoms with Gasteiger partial charge in [0, 0.05) is 11.3 Å². The van der Waals surface area contributed by atoms with Gasteiger partial charge >= 0.3 is 0 Å². The van der Waals surface area contributed by atoms with Crippen LogP contribution in [0.2, 0.25) is 0 Å². The maximum absolute atomic E-state index is 11.6. The van der Waals surface area contributed by atoms with Crippen molar-refractivity contribution < 1.29 is 9.45 Å². The highest BCUT2D eigenvalue weighted by atomic mass is 16.6. The van der Waals surface area contributed by atoms with Gasteiger partial charge in [-0.2, -0.15) is 4.98 Å². The molecule has 0 aliphatic carbocycles. The fourth-order valence-electron chi connectivity index (χ4n) is 2.85. The summed E-state index contributed by atoms with van der Waals surface area (Å²) in [5, 5.41) is 20.0. The zero-order chi connectivity index (χ0) is 18.1. The Bertz CT molecular complexity index is 1120. The second-order valence-electron chi connectivity index (χ2n) is 5.79. The average Bonchev–Trinajstić information content (AvgIpc) is 3.08. The fourth-order valence-corrected chi connectivity index (χ4v) is 2.85. The molecule has 0 saturated heterocycles. The van der Waals surface area contributed by atoms with E-state index in [9.17, 15) is 10.1 Å². The summed E-state index contributed by atoms with van der Waals surface area (Å²) in [7, 11) is 0. The van der Waals surface area contributed by atoms with Gasteiger partial charge in [0.25, 0.3) is 11.6 Å². The Morgan fingerprint density at radius 3 is 2.69 bits per heavy atom. The van der Waals surface area contributed by atoms with Gasteiger partial charge in [-0.25, -0.2) is 0 Å². The molecule has 0 bridgehead atoms. The molecular weight excluding hydrogens is 332 g/mol. The van der Waals surface area contributed by atoms with Crippen molar-refractivity contribution in [1.29, 1.82) is 0 Å². The Balaban J connectivity index is 1.76. The molecule has 0 spiro atoms. The summed E-state index contributed by atoms with van der Waals surface area (Å²) < 4.78 is 5.18. The van der Waals surface area contributed by atoms with Gasteiger partial charge in [0.15, 0.2) is 5.82 Å². The van der Waals surface area contributed by atoms with Crippen LogP contribution in [0.3, 0.4) is 0 Å². The Morgan fingerprint density at radius 2 is 1.92 bits per heavy atom. The molecule has 0 unspecified atom stereocenters. The standard InChI is InChI=1S/C19H14N4O3/c1-12-20-19(26-22-12)14-6-4-7-15(11-14)21-17-10-9-13-5-2-3-8-16(13)18(17)23(24)25/h2-11,21H,1H3. The summed E-state index contributed by atoms with van der Waals surface area (Å²) in [6.45, 7) is 1.74. The number of nitro groups is 1. The maximum Gasteiger partial charge on any atom is 0.300 e. The van der Waals surface area contributed by atoms with Gasteiger partial charge in [-0.15, -0.1) is 0 Å². The third-order valence-electron chi connectivity index (χ3n) is 4.00. The Hall–Kier alpha value is -3.74. The first kappa shape index (κ1) is 15.8. The van der Waals surface area contributed by atoms with Gasteiger partial charge in [-0.05, 0) is 42.6 Å². The van der Waals surface area contributed by atoms with Crippen molar-refractivity contribution in [2.75, 3.05) is 5.32 Å². The SMILES string of the molecule is Cc1noc(-c2cccc(Nc3ccc4ccccc4c3[N+](=O)[O-])c2)n1. The van der Waals surface area contributed by atoms with E-state index in [2.05, 4.69) is 15.5 Å². The van der Waals surface area contributed by atoms with Crippen LogP contribution >= 0.6 is 0 Å². The second kappa shape index (κ2) is 6.29. The predicted octanol–water partition coefficient (Wildman–Crippen LogP) is 4.85. The first-order valence-corrected chi connectivity index (χ1v) is 7.96. The molecule has 3 aromatic carbocycles. The molecule has 1 aromatic heterocycles. The third-order valence-corrected chi connectivity index (χ3v) is 4.00. The predicted molar refractivity (Wildman–Crippen MR) is 98.4 cm³/mol. The van der Waals surface area contributed by atoms with Gasteiger partial charge in [-0.1, -0.05) is 35.5 Å². The molecule has 4 aromatic rings. The molecule has 1 N–H and O–H groups in total. The van der Waals surface area contributed by atoms with Crippen molar-refractivity contribution in [1.82, 2.24) is 10.1 Å². The molecule has 0 amide bonds. The van der Waals surface area contributed by atoms with Crippen LogP contribution < -0.4 is 5.32 Å². The topological polar surface area (TPSA) is 94.1 Å². The summed E-state index contributed by atoms with van der Waals surface area (Å²) >= 11 is 0. The lowest BCUT2D eigenvalue weighted by Gasteiger charge is -2.10. The fraction of sp³-hybridized carbons (Fsp3) is 0.0526. The van der Waals surface area contributed by atoms with Gasteiger partial charge < -0.3 is 9.84 Å². The van der Waals surface area contributed by atoms with Crippen LogP contribution in [0.1, 0.15) is 5.82 Å². The summed E-state index contributed by atoms with van der Waals surface area (Å²) in [4.78, 5) is 15.5. The van der Waals surface area contributed by atoms with Crippen molar-refractivity contribution in [2.24, 2.45) is 0 Å². The highest BCUT2D eigenvalue weighted by Crippen LogP contribution is 2.35. The summed E-state index contributed by atoms with van der Waals surface area (Å²) in [6, 6.07) is 18.1. The molecule has 0 radical (unpaired) electrons. The molecule has 7 heteroatoms. The van der Waals surface area contributed by atoms with Crippen LogP contribution in [0.25, 0.3) is 22.2 Å². The summed E-state index contributed by atoms with van der Waals surface area (Å²) in [5.74, 6) is 0.947. The van der Waals surface area contributed by atoms with Gasteiger partial charge in [0.05, 0.1) is 10.3 Å². The number of rotatable bonds is 4. The van der Waals surface area contributed by atoms with E-state index in [1.165, 1.54) is 0 Å². The maximum atomic E-state index is 11.6. The molecule has 26 heavy (non-hydrogen) atoms. The van der Waals surface area contributed by atoms with E-state index in [-0.39, 0.29) is 10.6 Å². The van der Waals surface area contributed by atoms with Crippen molar-refractivity contribution in [3.63, 3.8) is 0 Å². The van der Waals surface area contributed by atoms with Crippen molar-refractivity contribution >= 4 is 27.8 Å². The molecule has 0 saturated carbocycles. The number of hydrogen-bond donors (Lipinski definition) is 1. The smallest absolute Gasteiger partial charge is 0.300 e. The van der Waals surface area contributed by atoms with Crippen molar-refractivity contribution in [2.45, 2.75) is 6.92 Å². The zero-order valence-electron chi connectivity index (χ0n) is 13.8. The van der Waals surface area contributed by atoms with E-state index >= 15 is 0 Å². The minimum Gasteiger partial charge on any atom is -0.350 e. The third kappa shape index (κ3) is 2.86. The van der Waals surface area contributed by atoms with Gasteiger partial charge in [-0.3, -0.25) is 10.1 Å². The van der Waals surface area contributed by atoms with Crippen LogP contribution in [0.4, 0.5) is 17.1 Å². The van der Waals surface area contributed by atoms with E-state index in [1.807, 2.05) is 42.5 Å². The van der Waals surface area contributed by atoms with E-state index in [0.717, 1.165) is 10.9 Å². The lowest BCUT2D eigenvalue weighted by atomic mass is 10.1. The quantitative estimate of drug-likeness (QED) is 0.419. The number of aromatic nitrogens is 2. The molecular formula is C19H14N4O3. The minimum absolute atomic E-state index is 0.0436. The van der Waals surface area contributed by atoms with E-state index < -0.39 is 0 Å². The van der Waals surface area contributed by atoms with Crippen molar-refractivity contribution in [3.05, 3.63) is 76.6 Å². The van der Waals surface area contributed by atoms with E-state index in [4.69, 9.17) is 4.52 Å². The van der Waals surface area contributed by atoms with Crippen molar-refractivity contribution in [3.8, 4) is 11.5 Å². The number of nitrogens with one attached hydrogen (secondary N) is 1. The number of benzene rings is 3. The summed E-state index contributed by atoms with van der Waals surface area (Å²) in [6.07, 6.45) is 0. The number of fused-ring (bicyclic) bond motifs is 1. The number of nitrogens with zero attached hydrogens (tertiary/aromatic N) is 3. The van der Waals surface area contributed by atoms with Crippen LogP contribution in [0, 0.1) is 17.0 Å². The van der Waals surface area contributed by atoms with E-state index in [1.54, 1.807) is 25.1 Å². The Kier molecular flexibility index (Phi) is 3.81. The highest BCUT2D eigenvalue weighted by molar-refractivity contribution is 5.97. The first-order valence-electron chi connectivity index (χ1n) is 7.96. The van der Waals surface area contributed by atoms with Gasteiger partial charge in [0.1, 0.15) is 5.69 Å². The monoisotopic (exact) mass is 346 g/mol. The lowest BCUT2D eigenvalue weighted by molar-refractivity contribution is -0.382. The normalized spacial score (nSPS) is 10.8. The molecule has 0 aliphatic rings. The summed E-state index contributed by atoms with van der Waals surface area (Å²) in [5.41, 5.74) is 1.89. The Labute approximate surface area is 148 Å². The largest absolute Gasteiger partial charge is 0.350 e. The number of hydrogen-bond acceptors (Lipinski definition) is 6. The minimum atomic E-state index is -0.365. The lowest BCUT2D eigenvalue weighted by Crippen LogP contribution is -1.98. The number of nitro benzene ring substituents is 1. The highest BCUT2D eigenvalue weighted by Gasteiger charge is 2.18. The molecule has 0 aliphatic heterocycles. The van der Waals surface area contributed by atoms with Crippen LogP contribution in [-0.4, -0.2) is 15.1 Å².